The molecule has 0 aliphatic heterocycles. The van der Waals surface area contributed by atoms with Gasteiger partial charge in [0, 0.05) is 44.9 Å². The Kier molecular flexibility index (Phi) is 5.91. The van der Waals surface area contributed by atoms with Gasteiger partial charge < -0.3 is 4.42 Å². The standard InChI is InChI=1S/C41H27N3O/c1-3-13-26(14-4-1)39-42-40(27-15-5-2-6-16-27)44-41(43-39)34-23-12-24-36-37(34)33-22-11-21-32(38(33)45-36)35-25-28-17-7-8-18-29(28)30-19-9-10-20-31(30)35/h1-25,30-31H. The SMILES string of the molecule is C1=CC2C(c3cccc4c3oc3cccc(-c5nc(-c6ccccc6)nc(-c6ccccc6)n5)c34)=Cc3ccccc3C2C=C1. The predicted octanol–water partition coefficient (Wildman–Crippen LogP) is 10.2. The smallest absolute Gasteiger partial charge is 0.164 e. The maximum absolute atomic E-state index is 6.74. The number of hydrogen-bond donors (Lipinski definition) is 0. The zero-order chi connectivity index (χ0) is 29.7. The number of allylic oxidation sites excluding steroid dienone is 5. The monoisotopic (exact) mass is 577 g/mol. The summed E-state index contributed by atoms with van der Waals surface area (Å²) in [6.07, 6.45) is 11.3. The third-order valence-electron chi connectivity index (χ3n) is 8.93. The molecule has 212 valence electrons. The van der Waals surface area contributed by atoms with Crippen LogP contribution in [0.5, 0.6) is 0 Å². The van der Waals surface area contributed by atoms with Crippen molar-refractivity contribution >= 4 is 33.6 Å². The molecule has 0 N–H and O–H groups in total. The van der Waals surface area contributed by atoms with E-state index in [1.54, 1.807) is 0 Å². The lowest BCUT2D eigenvalue weighted by atomic mass is 9.71. The fourth-order valence-electron chi connectivity index (χ4n) is 6.86. The molecule has 5 aromatic carbocycles. The van der Waals surface area contributed by atoms with Gasteiger partial charge in [0.25, 0.3) is 0 Å². The number of para-hydroxylation sites is 1. The van der Waals surface area contributed by atoms with Gasteiger partial charge in [0.05, 0.1) is 0 Å². The van der Waals surface area contributed by atoms with E-state index in [2.05, 4.69) is 78.9 Å². The third-order valence-corrected chi connectivity index (χ3v) is 8.93. The van der Waals surface area contributed by atoms with Gasteiger partial charge in [-0.1, -0.05) is 146 Å². The Morgan fingerprint density at radius 1 is 0.511 bits per heavy atom. The van der Waals surface area contributed by atoms with Gasteiger partial charge in [0.2, 0.25) is 0 Å². The Balaban J connectivity index is 1.27. The van der Waals surface area contributed by atoms with Crippen LogP contribution in [0.3, 0.4) is 0 Å². The summed E-state index contributed by atoms with van der Waals surface area (Å²) in [6.45, 7) is 0. The van der Waals surface area contributed by atoms with Gasteiger partial charge >= 0.3 is 0 Å². The summed E-state index contributed by atoms with van der Waals surface area (Å²) in [5, 5.41) is 2.05. The Bertz CT molecular complexity index is 2270. The minimum absolute atomic E-state index is 0.230. The Hall–Kier alpha value is -5.87. The van der Waals surface area contributed by atoms with Crippen molar-refractivity contribution in [2.75, 3.05) is 0 Å². The fraction of sp³-hybridized carbons (Fsp3) is 0.0488. The first-order valence-corrected chi connectivity index (χ1v) is 15.3. The molecule has 2 atom stereocenters. The van der Waals surface area contributed by atoms with Crippen LogP contribution in [0.15, 0.2) is 150 Å². The molecule has 4 nitrogen and oxygen atoms in total. The number of rotatable bonds is 4. The molecule has 2 aliphatic carbocycles. The molecular formula is C41H27N3O. The molecule has 2 unspecified atom stereocenters. The average molecular weight is 578 g/mol. The lowest BCUT2D eigenvalue weighted by Crippen LogP contribution is -2.17. The first-order valence-electron chi connectivity index (χ1n) is 15.3. The van der Waals surface area contributed by atoms with E-state index < -0.39 is 0 Å². The van der Waals surface area contributed by atoms with Gasteiger partial charge in [0.15, 0.2) is 17.5 Å². The zero-order valence-electron chi connectivity index (χ0n) is 24.3. The molecule has 7 aromatic rings. The quantitative estimate of drug-likeness (QED) is 0.209. The van der Waals surface area contributed by atoms with Crippen LogP contribution in [0.1, 0.15) is 22.6 Å². The summed E-state index contributed by atoms with van der Waals surface area (Å²) >= 11 is 0. The van der Waals surface area contributed by atoms with Gasteiger partial charge in [-0.25, -0.2) is 15.0 Å². The van der Waals surface area contributed by atoms with Gasteiger partial charge in [-0.15, -0.1) is 0 Å². The molecule has 0 radical (unpaired) electrons. The summed E-state index contributed by atoms with van der Waals surface area (Å²) in [5.74, 6) is 2.42. The highest BCUT2D eigenvalue weighted by atomic mass is 16.3. The van der Waals surface area contributed by atoms with Crippen molar-refractivity contribution in [2.24, 2.45) is 5.92 Å². The van der Waals surface area contributed by atoms with Gasteiger partial charge in [0.1, 0.15) is 11.2 Å². The summed E-state index contributed by atoms with van der Waals surface area (Å²) in [5.41, 5.74) is 9.50. The Labute approximate surface area is 260 Å². The summed E-state index contributed by atoms with van der Waals surface area (Å²) in [7, 11) is 0. The van der Waals surface area contributed by atoms with Crippen molar-refractivity contribution < 1.29 is 4.42 Å². The summed E-state index contributed by atoms with van der Waals surface area (Å²) in [6, 6.07) is 41.5. The van der Waals surface area contributed by atoms with Gasteiger partial charge in [-0.3, -0.25) is 0 Å². The van der Waals surface area contributed by atoms with Crippen LogP contribution in [-0.4, -0.2) is 15.0 Å². The molecule has 0 amide bonds. The summed E-state index contributed by atoms with van der Waals surface area (Å²) < 4.78 is 6.74. The van der Waals surface area contributed by atoms with E-state index in [-0.39, 0.29) is 5.92 Å². The Morgan fingerprint density at radius 2 is 1.13 bits per heavy atom. The van der Waals surface area contributed by atoms with Crippen molar-refractivity contribution in [1.82, 2.24) is 15.0 Å². The number of hydrogen-bond acceptors (Lipinski definition) is 4. The number of benzene rings is 5. The molecule has 2 aromatic heterocycles. The predicted molar refractivity (Wildman–Crippen MR) is 182 cm³/mol. The molecule has 0 saturated carbocycles. The first-order chi connectivity index (χ1) is 22.3. The van der Waals surface area contributed by atoms with E-state index in [9.17, 15) is 0 Å². The molecule has 0 bridgehead atoms. The van der Waals surface area contributed by atoms with E-state index in [1.807, 2.05) is 72.8 Å². The highest BCUT2D eigenvalue weighted by molar-refractivity contribution is 6.14. The lowest BCUT2D eigenvalue weighted by Gasteiger charge is -2.32. The molecule has 45 heavy (non-hydrogen) atoms. The molecule has 2 aliphatic rings. The molecule has 0 saturated heterocycles. The van der Waals surface area contributed by atoms with Crippen LogP contribution in [0.25, 0.3) is 67.8 Å². The van der Waals surface area contributed by atoms with E-state index in [4.69, 9.17) is 19.4 Å². The molecule has 0 fully saturated rings. The lowest BCUT2D eigenvalue weighted by molar-refractivity contribution is 0.663. The van der Waals surface area contributed by atoms with Crippen molar-refractivity contribution in [1.29, 1.82) is 0 Å². The van der Waals surface area contributed by atoms with Gasteiger partial charge in [-0.2, -0.15) is 0 Å². The van der Waals surface area contributed by atoms with E-state index in [0.717, 1.165) is 44.2 Å². The number of aromatic nitrogens is 3. The van der Waals surface area contributed by atoms with Crippen LogP contribution < -0.4 is 0 Å². The van der Waals surface area contributed by atoms with Crippen LogP contribution in [0.2, 0.25) is 0 Å². The van der Waals surface area contributed by atoms with Crippen molar-refractivity contribution in [3.63, 3.8) is 0 Å². The highest BCUT2D eigenvalue weighted by Crippen LogP contribution is 2.48. The second-order valence-corrected chi connectivity index (χ2v) is 11.6. The molecule has 2 heterocycles. The van der Waals surface area contributed by atoms with E-state index in [0.29, 0.717) is 23.4 Å². The first kappa shape index (κ1) is 25.6. The molecular weight excluding hydrogens is 550 g/mol. The maximum Gasteiger partial charge on any atom is 0.164 e. The Morgan fingerprint density at radius 3 is 1.89 bits per heavy atom. The highest BCUT2D eigenvalue weighted by Gasteiger charge is 2.31. The fourth-order valence-corrected chi connectivity index (χ4v) is 6.86. The third kappa shape index (κ3) is 4.26. The van der Waals surface area contributed by atoms with Crippen molar-refractivity contribution in [3.8, 4) is 34.2 Å². The number of fused-ring (bicyclic) bond motifs is 6. The van der Waals surface area contributed by atoms with Crippen LogP contribution in [0, 0.1) is 5.92 Å². The van der Waals surface area contributed by atoms with Crippen LogP contribution in [-0.2, 0) is 0 Å². The normalized spacial score (nSPS) is 16.8. The minimum atomic E-state index is 0.230. The van der Waals surface area contributed by atoms with Crippen LogP contribution >= 0.6 is 0 Å². The average Bonchev–Trinajstić information content (AvgIpc) is 3.51. The van der Waals surface area contributed by atoms with Gasteiger partial charge in [-0.05, 0) is 22.8 Å². The molecule has 9 rings (SSSR count). The second-order valence-electron chi connectivity index (χ2n) is 11.6. The van der Waals surface area contributed by atoms with Crippen molar-refractivity contribution in [3.05, 3.63) is 162 Å². The topological polar surface area (TPSA) is 51.8 Å². The largest absolute Gasteiger partial charge is 0.455 e. The van der Waals surface area contributed by atoms with E-state index in [1.165, 1.54) is 16.7 Å². The van der Waals surface area contributed by atoms with E-state index >= 15 is 0 Å². The minimum Gasteiger partial charge on any atom is -0.455 e. The maximum atomic E-state index is 6.74. The van der Waals surface area contributed by atoms with Crippen molar-refractivity contribution in [2.45, 2.75) is 5.92 Å². The van der Waals surface area contributed by atoms with Crippen LogP contribution in [0.4, 0.5) is 0 Å². The summed E-state index contributed by atoms with van der Waals surface area (Å²) in [4.78, 5) is 15.0. The number of furan rings is 1. The second kappa shape index (κ2) is 10.4. The molecule has 0 spiro atoms. The number of nitrogens with zero attached hydrogens (tertiary/aromatic N) is 3. The zero-order valence-corrected chi connectivity index (χ0v) is 24.3. The molecule has 4 heteroatoms.